The molecule has 2 rings (SSSR count). The Labute approximate surface area is 119 Å². The number of hydrogen-bond donors (Lipinski definition) is 1. The number of ether oxygens (including phenoxy) is 1. The molecule has 1 unspecified atom stereocenters. The van der Waals surface area contributed by atoms with Crippen molar-refractivity contribution in [2.24, 2.45) is 0 Å². The van der Waals surface area contributed by atoms with E-state index in [0.29, 0.717) is 25.2 Å². The van der Waals surface area contributed by atoms with Gasteiger partial charge >= 0.3 is 0 Å². The largest absolute Gasteiger partial charge is 0.545 e. The minimum atomic E-state index is -4.31. The van der Waals surface area contributed by atoms with Crippen LogP contribution in [-0.4, -0.2) is 33.6 Å². The van der Waals surface area contributed by atoms with Gasteiger partial charge in [-0.15, -0.1) is 0 Å². The second-order valence-corrected chi connectivity index (χ2v) is 6.24. The van der Waals surface area contributed by atoms with Crippen LogP contribution in [0.25, 0.3) is 0 Å². The van der Waals surface area contributed by atoms with Crippen molar-refractivity contribution in [2.45, 2.75) is 23.8 Å². The Balaban J connectivity index is 2.27. The highest BCUT2D eigenvalue weighted by molar-refractivity contribution is 7.89. The summed E-state index contributed by atoms with van der Waals surface area (Å²) in [4.78, 5) is 9.72. The molecule has 0 aliphatic carbocycles. The monoisotopic (exact) mass is 320 g/mol. The van der Waals surface area contributed by atoms with Crippen LogP contribution in [0, 0.1) is 11.6 Å². The Morgan fingerprint density at radius 1 is 1.43 bits per heavy atom. The van der Waals surface area contributed by atoms with Gasteiger partial charge in [0.15, 0.2) is 5.82 Å². The fourth-order valence-electron chi connectivity index (χ4n) is 2.01. The summed E-state index contributed by atoms with van der Waals surface area (Å²) in [5.74, 6) is -5.21. The Morgan fingerprint density at radius 3 is 2.71 bits per heavy atom. The van der Waals surface area contributed by atoms with Crippen LogP contribution in [-0.2, 0) is 14.8 Å². The number of nitrogens with one attached hydrogen (secondary N) is 1. The minimum absolute atomic E-state index is 0.0696. The average Bonchev–Trinajstić information content (AvgIpc) is 2.88. The van der Waals surface area contributed by atoms with Gasteiger partial charge in [-0.1, -0.05) is 0 Å². The van der Waals surface area contributed by atoms with Gasteiger partial charge in [0.05, 0.1) is 17.6 Å². The van der Waals surface area contributed by atoms with Crippen LogP contribution >= 0.6 is 0 Å². The summed E-state index contributed by atoms with van der Waals surface area (Å²) in [5, 5.41) is 10.7. The molecule has 21 heavy (non-hydrogen) atoms. The SMILES string of the molecule is O=C([O-])c1c(F)ccc(S(=O)(=O)NCC2CCCO2)c1F. The fraction of sp³-hybridized carbons (Fsp3) is 0.417. The van der Waals surface area contributed by atoms with E-state index in [1.165, 1.54) is 0 Å². The summed E-state index contributed by atoms with van der Waals surface area (Å²) < 4.78 is 58.3. The van der Waals surface area contributed by atoms with Gasteiger partial charge in [0.1, 0.15) is 10.7 Å². The Hall–Kier alpha value is -1.58. The molecule has 0 spiro atoms. The molecule has 116 valence electrons. The molecule has 1 heterocycles. The zero-order chi connectivity index (χ0) is 15.6. The number of sulfonamides is 1. The summed E-state index contributed by atoms with van der Waals surface area (Å²) in [6, 6.07) is 1.23. The number of carbonyl (C=O) groups is 1. The number of aromatic carboxylic acids is 1. The zero-order valence-corrected chi connectivity index (χ0v) is 11.6. The van der Waals surface area contributed by atoms with Gasteiger partial charge in [0.2, 0.25) is 10.0 Å². The van der Waals surface area contributed by atoms with Gasteiger partial charge in [-0.05, 0) is 25.0 Å². The van der Waals surface area contributed by atoms with E-state index in [1.807, 2.05) is 0 Å². The third-order valence-corrected chi connectivity index (χ3v) is 4.52. The first-order valence-corrected chi connectivity index (χ1v) is 7.62. The molecule has 0 radical (unpaired) electrons. The first-order valence-electron chi connectivity index (χ1n) is 6.13. The number of carbonyl (C=O) groups excluding carboxylic acids is 1. The molecule has 9 heteroatoms. The van der Waals surface area contributed by atoms with E-state index in [0.717, 1.165) is 6.42 Å². The molecule has 1 N–H and O–H groups in total. The maximum Gasteiger partial charge on any atom is 0.243 e. The molecule has 1 atom stereocenters. The molecule has 1 aromatic rings. The van der Waals surface area contributed by atoms with Crippen LogP contribution in [0.3, 0.4) is 0 Å². The number of hydrogen-bond acceptors (Lipinski definition) is 5. The summed E-state index contributed by atoms with van der Waals surface area (Å²) in [6.07, 6.45) is 1.15. The standard InChI is InChI=1S/C12H13F2NO5S/c13-8-3-4-9(11(14)10(8)12(16)17)21(18,19)15-6-7-2-1-5-20-7/h3-4,7,15H,1-2,5-6H2,(H,16,17)/p-1. The topological polar surface area (TPSA) is 95.5 Å². The maximum atomic E-state index is 13.9. The Kier molecular flexibility index (Phi) is 4.55. The van der Waals surface area contributed by atoms with Gasteiger partial charge in [0, 0.05) is 13.2 Å². The molecule has 1 aliphatic rings. The highest BCUT2D eigenvalue weighted by atomic mass is 32.2. The molecule has 1 aromatic carbocycles. The second kappa shape index (κ2) is 6.04. The van der Waals surface area contributed by atoms with Crippen molar-refractivity contribution in [3.8, 4) is 0 Å². The van der Waals surface area contributed by atoms with Crippen molar-refractivity contribution in [2.75, 3.05) is 13.2 Å². The molecule has 1 aliphatic heterocycles. The molecule has 0 saturated carbocycles. The normalized spacial score (nSPS) is 18.9. The van der Waals surface area contributed by atoms with E-state index >= 15 is 0 Å². The third kappa shape index (κ3) is 3.36. The van der Waals surface area contributed by atoms with Crippen molar-refractivity contribution in [3.63, 3.8) is 0 Å². The van der Waals surface area contributed by atoms with E-state index in [4.69, 9.17) is 4.74 Å². The highest BCUT2D eigenvalue weighted by Gasteiger charge is 2.26. The highest BCUT2D eigenvalue weighted by Crippen LogP contribution is 2.21. The fourth-order valence-corrected chi connectivity index (χ4v) is 3.16. The van der Waals surface area contributed by atoms with Gasteiger partial charge in [0.25, 0.3) is 0 Å². The second-order valence-electron chi connectivity index (χ2n) is 4.51. The lowest BCUT2D eigenvalue weighted by Gasteiger charge is -2.14. The summed E-state index contributed by atoms with van der Waals surface area (Å²) in [6.45, 7) is 0.450. The van der Waals surface area contributed by atoms with E-state index in [2.05, 4.69) is 4.72 Å². The molecule has 1 saturated heterocycles. The van der Waals surface area contributed by atoms with Gasteiger partial charge < -0.3 is 14.6 Å². The van der Waals surface area contributed by atoms with Crippen molar-refractivity contribution in [1.29, 1.82) is 0 Å². The first kappa shape index (κ1) is 15.8. The van der Waals surface area contributed by atoms with Crippen LogP contribution in [0.5, 0.6) is 0 Å². The summed E-state index contributed by atoms with van der Waals surface area (Å²) in [7, 11) is -4.31. The smallest absolute Gasteiger partial charge is 0.243 e. The number of carboxylic acid groups (broad SMARTS) is 1. The molecule has 0 bridgehead atoms. The number of rotatable bonds is 5. The molecule has 6 nitrogen and oxygen atoms in total. The average molecular weight is 320 g/mol. The van der Waals surface area contributed by atoms with Crippen molar-refractivity contribution < 1.29 is 31.8 Å². The quantitative estimate of drug-likeness (QED) is 0.809. The number of carboxylic acids is 1. The van der Waals surface area contributed by atoms with Crippen LogP contribution < -0.4 is 9.83 Å². The first-order chi connectivity index (χ1) is 9.83. The Bertz CT molecular complexity index is 656. The lowest BCUT2D eigenvalue weighted by Crippen LogP contribution is -2.33. The number of benzene rings is 1. The lowest BCUT2D eigenvalue weighted by atomic mass is 10.2. The molecule has 0 aromatic heterocycles. The predicted molar refractivity (Wildman–Crippen MR) is 64.9 cm³/mol. The van der Waals surface area contributed by atoms with Gasteiger partial charge in [-0.25, -0.2) is 21.9 Å². The van der Waals surface area contributed by atoms with Crippen LogP contribution in [0.15, 0.2) is 17.0 Å². The van der Waals surface area contributed by atoms with Crippen molar-refractivity contribution in [3.05, 3.63) is 29.3 Å². The van der Waals surface area contributed by atoms with E-state index in [-0.39, 0.29) is 12.6 Å². The molecule has 0 amide bonds. The van der Waals surface area contributed by atoms with E-state index < -0.39 is 38.1 Å². The Morgan fingerprint density at radius 2 is 2.14 bits per heavy atom. The van der Waals surface area contributed by atoms with Crippen LogP contribution in [0.2, 0.25) is 0 Å². The van der Waals surface area contributed by atoms with Crippen LogP contribution in [0.1, 0.15) is 23.2 Å². The third-order valence-electron chi connectivity index (χ3n) is 3.07. The minimum Gasteiger partial charge on any atom is -0.545 e. The van der Waals surface area contributed by atoms with Crippen molar-refractivity contribution in [1.82, 2.24) is 4.72 Å². The van der Waals surface area contributed by atoms with Crippen LogP contribution in [0.4, 0.5) is 8.78 Å². The van der Waals surface area contributed by atoms with Crippen molar-refractivity contribution >= 4 is 16.0 Å². The maximum absolute atomic E-state index is 13.9. The lowest BCUT2D eigenvalue weighted by molar-refractivity contribution is -0.255. The molecular formula is C12H12F2NO5S-. The number of halogens is 2. The zero-order valence-electron chi connectivity index (χ0n) is 10.8. The van der Waals surface area contributed by atoms with E-state index in [1.54, 1.807) is 0 Å². The van der Waals surface area contributed by atoms with E-state index in [9.17, 15) is 27.1 Å². The molecule has 1 fully saturated rings. The molecular weight excluding hydrogens is 308 g/mol. The van der Waals surface area contributed by atoms with Gasteiger partial charge in [-0.3, -0.25) is 0 Å². The summed E-state index contributed by atoms with van der Waals surface area (Å²) in [5.41, 5.74) is -1.41. The summed E-state index contributed by atoms with van der Waals surface area (Å²) >= 11 is 0. The van der Waals surface area contributed by atoms with Gasteiger partial charge in [-0.2, -0.15) is 0 Å². The predicted octanol–water partition coefficient (Wildman–Crippen LogP) is -0.214.